The van der Waals surface area contributed by atoms with Crippen molar-refractivity contribution in [3.05, 3.63) is 77.0 Å². The number of benzene rings is 2. The Morgan fingerprint density at radius 1 is 1.00 bits per heavy atom. The predicted octanol–water partition coefficient (Wildman–Crippen LogP) is 3.47. The van der Waals surface area contributed by atoms with Gasteiger partial charge in [0.1, 0.15) is 18.2 Å². The van der Waals surface area contributed by atoms with Crippen LogP contribution >= 0.6 is 0 Å². The molecule has 1 saturated heterocycles. The van der Waals surface area contributed by atoms with E-state index in [1.165, 1.54) is 23.1 Å². The van der Waals surface area contributed by atoms with Gasteiger partial charge < -0.3 is 19.4 Å². The summed E-state index contributed by atoms with van der Waals surface area (Å²) in [6, 6.07) is 12.2. The van der Waals surface area contributed by atoms with Gasteiger partial charge in [0.05, 0.1) is 17.9 Å². The number of hydrogen-bond donors (Lipinski definition) is 0. The SMILES string of the molecule is CCOC(=O)C1=C(C)N(CC(=O)N2CCN(c3ccccc3F)CC2)C(=O)CC1c1ccc(F)cc1. The molecule has 2 aliphatic rings. The monoisotopic (exact) mass is 497 g/mol. The van der Waals surface area contributed by atoms with Gasteiger partial charge in [0, 0.05) is 44.2 Å². The zero-order valence-corrected chi connectivity index (χ0v) is 20.4. The van der Waals surface area contributed by atoms with Crippen LogP contribution in [0, 0.1) is 11.6 Å². The lowest BCUT2D eigenvalue weighted by Crippen LogP contribution is -2.52. The molecule has 0 radical (unpaired) electrons. The number of ether oxygens (including phenoxy) is 1. The summed E-state index contributed by atoms with van der Waals surface area (Å²) in [6.07, 6.45) is -0.0362. The number of carbonyl (C=O) groups is 3. The van der Waals surface area contributed by atoms with E-state index in [0.717, 1.165) is 0 Å². The number of para-hydroxylation sites is 1. The van der Waals surface area contributed by atoms with Gasteiger partial charge in [-0.1, -0.05) is 24.3 Å². The van der Waals surface area contributed by atoms with E-state index in [0.29, 0.717) is 48.7 Å². The minimum absolute atomic E-state index is 0.0362. The number of carbonyl (C=O) groups excluding carboxylic acids is 3. The minimum atomic E-state index is -0.590. The summed E-state index contributed by atoms with van der Waals surface area (Å²) < 4.78 is 32.8. The molecule has 0 bridgehead atoms. The molecule has 2 amide bonds. The molecule has 36 heavy (non-hydrogen) atoms. The molecule has 1 atom stereocenters. The highest BCUT2D eigenvalue weighted by Gasteiger charge is 2.38. The van der Waals surface area contributed by atoms with Crippen molar-refractivity contribution in [2.45, 2.75) is 26.2 Å². The van der Waals surface area contributed by atoms with E-state index in [9.17, 15) is 23.2 Å². The first-order valence-electron chi connectivity index (χ1n) is 12.0. The summed E-state index contributed by atoms with van der Waals surface area (Å²) in [6.45, 7) is 4.99. The van der Waals surface area contributed by atoms with Crippen LogP contribution in [-0.4, -0.2) is 66.9 Å². The van der Waals surface area contributed by atoms with Gasteiger partial charge in [0.2, 0.25) is 11.8 Å². The maximum atomic E-state index is 14.1. The molecule has 1 fully saturated rings. The van der Waals surface area contributed by atoms with Crippen LogP contribution in [-0.2, 0) is 19.1 Å². The summed E-state index contributed by atoms with van der Waals surface area (Å²) in [5.74, 6) is -2.42. The van der Waals surface area contributed by atoms with E-state index < -0.39 is 17.7 Å². The lowest BCUT2D eigenvalue weighted by atomic mass is 9.83. The van der Waals surface area contributed by atoms with E-state index in [-0.39, 0.29) is 37.2 Å². The largest absolute Gasteiger partial charge is 0.463 e. The Bertz CT molecular complexity index is 1170. The number of nitrogens with zero attached hydrogens (tertiary/aromatic N) is 3. The lowest BCUT2D eigenvalue weighted by molar-refractivity contribution is -0.142. The average Bonchev–Trinajstić information content (AvgIpc) is 2.87. The van der Waals surface area contributed by atoms with Crippen LogP contribution in [0.25, 0.3) is 0 Å². The second-order valence-corrected chi connectivity index (χ2v) is 8.83. The van der Waals surface area contributed by atoms with Crippen molar-refractivity contribution in [2.75, 3.05) is 44.2 Å². The van der Waals surface area contributed by atoms with Gasteiger partial charge in [-0.15, -0.1) is 0 Å². The van der Waals surface area contributed by atoms with Crippen molar-refractivity contribution in [1.82, 2.24) is 9.80 Å². The zero-order valence-electron chi connectivity index (χ0n) is 20.4. The van der Waals surface area contributed by atoms with E-state index in [4.69, 9.17) is 4.74 Å². The smallest absolute Gasteiger partial charge is 0.336 e. The molecule has 2 aromatic carbocycles. The first kappa shape index (κ1) is 25.3. The molecule has 7 nitrogen and oxygen atoms in total. The molecular weight excluding hydrogens is 468 g/mol. The topological polar surface area (TPSA) is 70.2 Å². The molecule has 0 aliphatic carbocycles. The number of rotatable bonds is 6. The van der Waals surface area contributed by atoms with Gasteiger partial charge in [-0.05, 0) is 43.7 Å². The predicted molar refractivity (Wildman–Crippen MR) is 130 cm³/mol. The standard InChI is InChI=1S/C27H29F2N3O4/c1-3-36-27(35)26-18(2)32(24(33)16-21(26)19-8-10-20(28)11-9-19)17-25(34)31-14-12-30(13-15-31)23-7-5-4-6-22(23)29/h4-11,21H,3,12-17H2,1-2H3. The maximum Gasteiger partial charge on any atom is 0.336 e. The molecule has 4 rings (SSSR count). The number of amides is 2. The van der Waals surface area contributed by atoms with Crippen LogP contribution in [0.15, 0.2) is 59.8 Å². The molecule has 2 heterocycles. The quantitative estimate of drug-likeness (QED) is 0.572. The van der Waals surface area contributed by atoms with Crippen LogP contribution < -0.4 is 4.90 Å². The number of esters is 1. The van der Waals surface area contributed by atoms with Crippen LogP contribution in [0.5, 0.6) is 0 Å². The van der Waals surface area contributed by atoms with E-state index in [1.54, 1.807) is 49.1 Å². The van der Waals surface area contributed by atoms with Crippen molar-refractivity contribution < 1.29 is 27.9 Å². The molecule has 0 spiro atoms. The van der Waals surface area contributed by atoms with Gasteiger partial charge >= 0.3 is 5.97 Å². The van der Waals surface area contributed by atoms with Crippen molar-refractivity contribution in [2.24, 2.45) is 0 Å². The molecule has 0 N–H and O–H groups in total. The second-order valence-electron chi connectivity index (χ2n) is 8.83. The number of allylic oxidation sites excluding steroid dienone is 1. The van der Waals surface area contributed by atoms with Crippen LogP contribution in [0.3, 0.4) is 0 Å². The normalized spacial score (nSPS) is 18.5. The average molecular weight is 498 g/mol. The number of piperazine rings is 1. The first-order chi connectivity index (χ1) is 17.3. The Labute approximate surface area is 208 Å². The molecule has 0 saturated carbocycles. The second kappa shape index (κ2) is 10.9. The number of halogens is 2. The van der Waals surface area contributed by atoms with E-state index in [1.807, 2.05) is 4.90 Å². The summed E-state index contributed by atoms with van der Waals surface area (Å²) in [4.78, 5) is 44.0. The summed E-state index contributed by atoms with van der Waals surface area (Å²) in [5.41, 5.74) is 1.78. The lowest BCUT2D eigenvalue weighted by Gasteiger charge is -2.38. The Morgan fingerprint density at radius 2 is 1.67 bits per heavy atom. The van der Waals surface area contributed by atoms with Gasteiger partial charge in [-0.25, -0.2) is 13.6 Å². The molecule has 9 heteroatoms. The van der Waals surface area contributed by atoms with Crippen molar-refractivity contribution in [3.8, 4) is 0 Å². The summed E-state index contributed by atoms with van der Waals surface area (Å²) >= 11 is 0. The van der Waals surface area contributed by atoms with Gasteiger partial charge in [-0.3, -0.25) is 9.59 Å². The Hall–Kier alpha value is -3.75. The Balaban J connectivity index is 1.50. The fourth-order valence-electron chi connectivity index (χ4n) is 4.80. The third-order valence-corrected chi connectivity index (χ3v) is 6.71. The molecule has 1 unspecified atom stereocenters. The van der Waals surface area contributed by atoms with Crippen LogP contribution in [0.1, 0.15) is 31.7 Å². The Kier molecular flexibility index (Phi) is 7.67. The summed E-state index contributed by atoms with van der Waals surface area (Å²) in [7, 11) is 0. The molecular formula is C27H29F2N3O4. The molecule has 2 aromatic rings. The molecule has 0 aromatic heterocycles. The zero-order chi connectivity index (χ0) is 25.8. The first-order valence-corrected chi connectivity index (χ1v) is 12.0. The van der Waals surface area contributed by atoms with Gasteiger partial charge in [0.25, 0.3) is 0 Å². The minimum Gasteiger partial charge on any atom is -0.463 e. The Morgan fingerprint density at radius 3 is 2.31 bits per heavy atom. The highest BCUT2D eigenvalue weighted by atomic mass is 19.1. The molecule has 190 valence electrons. The van der Waals surface area contributed by atoms with Crippen LogP contribution in [0.2, 0.25) is 0 Å². The highest BCUT2D eigenvalue weighted by Crippen LogP contribution is 2.37. The fourth-order valence-corrected chi connectivity index (χ4v) is 4.80. The fraction of sp³-hybridized carbons (Fsp3) is 0.370. The number of hydrogen-bond acceptors (Lipinski definition) is 5. The van der Waals surface area contributed by atoms with E-state index >= 15 is 0 Å². The third-order valence-electron chi connectivity index (χ3n) is 6.71. The van der Waals surface area contributed by atoms with Gasteiger partial charge in [0.15, 0.2) is 0 Å². The van der Waals surface area contributed by atoms with Crippen molar-refractivity contribution in [3.63, 3.8) is 0 Å². The summed E-state index contributed by atoms with van der Waals surface area (Å²) in [5, 5.41) is 0. The van der Waals surface area contributed by atoms with Gasteiger partial charge in [-0.2, -0.15) is 0 Å². The third kappa shape index (κ3) is 5.24. The van der Waals surface area contributed by atoms with Crippen LogP contribution in [0.4, 0.5) is 14.5 Å². The maximum absolute atomic E-state index is 14.1. The number of anilines is 1. The molecule has 2 aliphatic heterocycles. The highest BCUT2D eigenvalue weighted by molar-refractivity contribution is 5.97. The van der Waals surface area contributed by atoms with Crippen molar-refractivity contribution >= 4 is 23.5 Å². The van der Waals surface area contributed by atoms with E-state index in [2.05, 4.69) is 0 Å². The van der Waals surface area contributed by atoms with Crippen molar-refractivity contribution in [1.29, 1.82) is 0 Å².